The molecule has 0 radical (unpaired) electrons. The molecule has 0 spiro atoms. The Morgan fingerprint density at radius 3 is 3.00 bits per heavy atom. The Morgan fingerprint density at radius 2 is 2.38 bits per heavy atom. The number of hydrogen-bond donors (Lipinski definition) is 1. The molecule has 1 aliphatic carbocycles. The van der Waals surface area contributed by atoms with Crippen molar-refractivity contribution in [3.8, 4) is 0 Å². The lowest BCUT2D eigenvalue weighted by molar-refractivity contribution is 0.372. The summed E-state index contributed by atoms with van der Waals surface area (Å²) in [5.74, 6) is 1.61. The molecule has 0 amide bonds. The Labute approximate surface area is 101 Å². The van der Waals surface area contributed by atoms with Crippen LogP contribution in [0, 0.1) is 0 Å². The third-order valence-corrected chi connectivity index (χ3v) is 3.62. The van der Waals surface area contributed by atoms with Gasteiger partial charge in [0.1, 0.15) is 15.4 Å². The van der Waals surface area contributed by atoms with Crippen molar-refractivity contribution in [3.05, 3.63) is 27.3 Å². The number of aromatic nitrogens is 3. The molecule has 1 saturated carbocycles. The largest absolute Gasteiger partial charge is 0.339 e. The Balaban J connectivity index is 1.84. The number of rotatable bonds is 3. The maximum atomic E-state index is 5.97. The van der Waals surface area contributed by atoms with Gasteiger partial charge in [-0.05, 0) is 12.8 Å². The van der Waals surface area contributed by atoms with Gasteiger partial charge in [0.2, 0.25) is 5.89 Å². The van der Waals surface area contributed by atoms with Crippen molar-refractivity contribution < 1.29 is 4.52 Å². The zero-order valence-corrected chi connectivity index (χ0v) is 9.83. The van der Waals surface area contributed by atoms with E-state index >= 15 is 0 Å². The SMILES string of the molecule is NC(c1noc(C2CC2)n1)c1ncc(Cl)s1. The first-order valence-corrected chi connectivity index (χ1v) is 6.14. The summed E-state index contributed by atoms with van der Waals surface area (Å²) in [6, 6.07) is -0.450. The molecule has 7 heteroatoms. The lowest BCUT2D eigenvalue weighted by Gasteiger charge is -2.00. The van der Waals surface area contributed by atoms with Crippen LogP contribution in [-0.4, -0.2) is 15.1 Å². The molecule has 0 saturated heterocycles. The minimum atomic E-state index is -0.450. The van der Waals surface area contributed by atoms with Gasteiger partial charge in [0.15, 0.2) is 5.82 Å². The molecule has 5 nitrogen and oxygen atoms in total. The Morgan fingerprint density at radius 1 is 1.56 bits per heavy atom. The van der Waals surface area contributed by atoms with Crippen LogP contribution < -0.4 is 5.73 Å². The molecule has 1 aliphatic rings. The molecular formula is C9H9ClN4OS. The summed E-state index contributed by atoms with van der Waals surface area (Å²) in [5, 5.41) is 4.58. The van der Waals surface area contributed by atoms with Gasteiger partial charge in [0.25, 0.3) is 0 Å². The normalized spacial score (nSPS) is 17.6. The number of halogens is 1. The minimum absolute atomic E-state index is 0.438. The van der Waals surface area contributed by atoms with Crippen molar-refractivity contribution >= 4 is 22.9 Å². The Kier molecular flexibility index (Phi) is 2.42. The second kappa shape index (κ2) is 3.80. The van der Waals surface area contributed by atoms with Crippen LogP contribution in [0.4, 0.5) is 0 Å². The second-order valence-electron chi connectivity index (χ2n) is 3.75. The molecule has 2 heterocycles. The first kappa shape index (κ1) is 10.2. The predicted molar refractivity (Wildman–Crippen MR) is 59.4 cm³/mol. The van der Waals surface area contributed by atoms with Gasteiger partial charge in [-0.25, -0.2) is 4.98 Å². The fourth-order valence-electron chi connectivity index (χ4n) is 1.39. The van der Waals surface area contributed by atoms with Gasteiger partial charge in [0.05, 0.1) is 6.20 Å². The third kappa shape index (κ3) is 1.83. The maximum absolute atomic E-state index is 5.97. The second-order valence-corrected chi connectivity index (χ2v) is 5.44. The summed E-state index contributed by atoms with van der Waals surface area (Å²) >= 11 is 7.13. The van der Waals surface area contributed by atoms with E-state index in [1.165, 1.54) is 11.3 Å². The van der Waals surface area contributed by atoms with Crippen LogP contribution in [0.1, 0.15) is 41.5 Å². The van der Waals surface area contributed by atoms with Crippen molar-refractivity contribution in [2.45, 2.75) is 24.8 Å². The first-order chi connectivity index (χ1) is 7.74. The lowest BCUT2D eigenvalue weighted by atomic mass is 10.3. The molecule has 84 valence electrons. The van der Waals surface area contributed by atoms with Gasteiger partial charge in [0, 0.05) is 5.92 Å². The number of hydrogen-bond acceptors (Lipinski definition) is 6. The highest BCUT2D eigenvalue weighted by Crippen LogP contribution is 2.39. The monoisotopic (exact) mass is 256 g/mol. The molecule has 0 aromatic carbocycles. The van der Waals surface area contributed by atoms with Crippen molar-refractivity contribution in [2.24, 2.45) is 5.73 Å². The lowest BCUT2D eigenvalue weighted by Crippen LogP contribution is -2.13. The highest BCUT2D eigenvalue weighted by atomic mass is 35.5. The van der Waals surface area contributed by atoms with E-state index in [0.717, 1.165) is 12.8 Å². The van der Waals surface area contributed by atoms with Crippen molar-refractivity contribution in [2.75, 3.05) is 0 Å². The van der Waals surface area contributed by atoms with Gasteiger partial charge in [-0.15, -0.1) is 11.3 Å². The summed E-state index contributed by atoms with van der Waals surface area (Å²) in [5.41, 5.74) is 5.97. The van der Waals surface area contributed by atoms with Crippen LogP contribution in [0.15, 0.2) is 10.7 Å². The molecule has 0 bridgehead atoms. The molecule has 0 aliphatic heterocycles. The summed E-state index contributed by atoms with van der Waals surface area (Å²) in [6.07, 6.45) is 3.82. The fraction of sp³-hybridized carbons (Fsp3) is 0.444. The van der Waals surface area contributed by atoms with E-state index < -0.39 is 6.04 Å². The number of nitrogens with two attached hydrogens (primary N) is 1. The molecule has 2 N–H and O–H groups in total. The molecule has 2 aromatic rings. The smallest absolute Gasteiger partial charge is 0.229 e. The van der Waals surface area contributed by atoms with Crippen LogP contribution in [0.3, 0.4) is 0 Å². The predicted octanol–water partition coefficient (Wildman–Crippen LogP) is 2.11. The quantitative estimate of drug-likeness (QED) is 0.910. The van der Waals surface area contributed by atoms with Crippen LogP contribution in [-0.2, 0) is 0 Å². The maximum Gasteiger partial charge on any atom is 0.229 e. The fourth-order valence-corrected chi connectivity index (χ4v) is 2.32. The molecule has 16 heavy (non-hydrogen) atoms. The average molecular weight is 257 g/mol. The van der Waals surface area contributed by atoms with Crippen LogP contribution >= 0.6 is 22.9 Å². The highest BCUT2D eigenvalue weighted by molar-refractivity contribution is 7.15. The van der Waals surface area contributed by atoms with E-state index in [2.05, 4.69) is 15.1 Å². The van der Waals surface area contributed by atoms with Gasteiger partial charge in [-0.2, -0.15) is 4.98 Å². The van der Waals surface area contributed by atoms with Gasteiger partial charge < -0.3 is 10.3 Å². The first-order valence-electron chi connectivity index (χ1n) is 4.94. The molecule has 1 fully saturated rings. The van der Waals surface area contributed by atoms with E-state index in [9.17, 15) is 0 Å². The zero-order chi connectivity index (χ0) is 11.1. The summed E-state index contributed by atoms with van der Waals surface area (Å²) in [6.45, 7) is 0. The molecule has 2 aromatic heterocycles. The van der Waals surface area contributed by atoms with Crippen LogP contribution in [0.5, 0.6) is 0 Å². The molecular weight excluding hydrogens is 248 g/mol. The zero-order valence-electron chi connectivity index (χ0n) is 8.26. The van der Waals surface area contributed by atoms with Crippen molar-refractivity contribution in [1.29, 1.82) is 0 Å². The summed E-state index contributed by atoms with van der Waals surface area (Å²) in [4.78, 5) is 8.38. The van der Waals surface area contributed by atoms with E-state index in [4.69, 9.17) is 21.9 Å². The average Bonchev–Trinajstić information content (AvgIpc) is 2.86. The van der Waals surface area contributed by atoms with Gasteiger partial charge in [-0.1, -0.05) is 16.8 Å². The Bertz CT molecular complexity index is 507. The van der Waals surface area contributed by atoms with Crippen LogP contribution in [0.2, 0.25) is 4.34 Å². The van der Waals surface area contributed by atoms with Crippen LogP contribution in [0.25, 0.3) is 0 Å². The third-order valence-electron chi connectivity index (χ3n) is 2.42. The molecule has 3 rings (SSSR count). The standard InChI is InChI=1S/C9H9ClN4OS/c10-5-3-12-9(16-5)6(11)7-13-8(15-14-7)4-1-2-4/h3-4,6H,1-2,11H2. The minimum Gasteiger partial charge on any atom is -0.339 e. The van der Waals surface area contributed by atoms with Gasteiger partial charge in [-0.3, -0.25) is 0 Å². The molecule has 1 unspecified atom stereocenters. The Hall–Kier alpha value is -0.980. The summed E-state index contributed by atoms with van der Waals surface area (Å²) < 4.78 is 5.75. The van der Waals surface area contributed by atoms with E-state index in [1.807, 2.05) is 0 Å². The van der Waals surface area contributed by atoms with Crippen molar-refractivity contribution in [1.82, 2.24) is 15.1 Å². The number of thiazole rings is 1. The van der Waals surface area contributed by atoms with E-state index in [1.54, 1.807) is 6.20 Å². The van der Waals surface area contributed by atoms with Gasteiger partial charge >= 0.3 is 0 Å². The van der Waals surface area contributed by atoms with E-state index in [-0.39, 0.29) is 0 Å². The number of nitrogens with zero attached hydrogens (tertiary/aromatic N) is 3. The van der Waals surface area contributed by atoms with Crippen molar-refractivity contribution in [3.63, 3.8) is 0 Å². The summed E-state index contributed by atoms with van der Waals surface area (Å²) in [7, 11) is 0. The highest BCUT2D eigenvalue weighted by Gasteiger charge is 2.31. The van der Waals surface area contributed by atoms with E-state index in [0.29, 0.717) is 27.0 Å². The topological polar surface area (TPSA) is 77.8 Å². The molecule has 1 atom stereocenters.